The van der Waals surface area contributed by atoms with E-state index >= 15 is 0 Å². The maximum absolute atomic E-state index is 12.1. The zero-order chi connectivity index (χ0) is 19.8. The van der Waals surface area contributed by atoms with Gasteiger partial charge in [0.25, 0.3) is 5.91 Å². The molecule has 7 heteroatoms. The van der Waals surface area contributed by atoms with E-state index in [0.29, 0.717) is 35.1 Å². The Labute approximate surface area is 172 Å². The second-order valence-electron chi connectivity index (χ2n) is 6.21. The van der Waals surface area contributed by atoms with Crippen LogP contribution in [0.2, 0.25) is 5.02 Å². The molecule has 3 rings (SSSR count). The Morgan fingerprint density at radius 3 is 2.68 bits per heavy atom. The standard InChI is InChI=1S/C21H20ClN3O2S/c22-17-9-4-6-15(12-17)13-18-14-24-21(28-18)25-19(26)10-5-11-23-20(27)16-7-2-1-3-8-16/h1-4,6-9,12,14H,5,10-11,13H2,(H,23,27)(H,24,25,26). The lowest BCUT2D eigenvalue weighted by molar-refractivity contribution is -0.116. The van der Waals surface area contributed by atoms with Crippen LogP contribution in [0, 0.1) is 0 Å². The molecule has 0 bridgehead atoms. The Bertz CT molecular complexity index is 944. The fraction of sp³-hybridized carbons (Fsp3) is 0.190. The highest BCUT2D eigenvalue weighted by atomic mass is 35.5. The molecule has 2 aromatic carbocycles. The van der Waals surface area contributed by atoms with Crippen molar-refractivity contribution in [1.82, 2.24) is 10.3 Å². The van der Waals surface area contributed by atoms with E-state index in [1.165, 1.54) is 11.3 Å². The van der Waals surface area contributed by atoms with E-state index in [0.717, 1.165) is 16.9 Å². The van der Waals surface area contributed by atoms with Crippen molar-refractivity contribution in [3.63, 3.8) is 0 Å². The largest absolute Gasteiger partial charge is 0.352 e. The summed E-state index contributed by atoms with van der Waals surface area (Å²) in [5.74, 6) is -0.246. The first-order chi connectivity index (χ1) is 13.6. The van der Waals surface area contributed by atoms with Crippen LogP contribution in [0.5, 0.6) is 0 Å². The second kappa shape index (κ2) is 10.0. The van der Waals surface area contributed by atoms with Crippen molar-refractivity contribution in [2.75, 3.05) is 11.9 Å². The molecule has 0 aliphatic carbocycles. The lowest BCUT2D eigenvalue weighted by Crippen LogP contribution is -2.25. The first-order valence-electron chi connectivity index (χ1n) is 8.92. The van der Waals surface area contributed by atoms with Crippen molar-refractivity contribution >= 4 is 39.9 Å². The third-order valence-electron chi connectivity index (χ3n) is 3.97. The van der Waals surface area contributed by atoms with Crippen molar-refractivity contribution in [2.24, 2.45) is 0 Å². The van der Waals surface area contributed by atoms with Crippen molar-refractivity contribution < 1.29 is 9.59 Å². The van der Waals surface area contributed by atoms with E-state index in [1.54, 1.807) is 18.3 Å². The molecule has 5 nitrogen and oxygen atoms in total. The second-order valence-corrected chi connectivity index (χ2v) is 7.76. The molecule has 28 heavy (non-hydrogen) atoms. The summed E-state index contributed by atoms with van der Waals surface area (Å²) in [7, 11) is 0. The number of halogens is 1. The molecule has 1 heterocycles. The molecule has 2 N–H and O–H groups in total. The maximum atomic E-state index is 12.1. The summed E-state index contributed by atoms with van der Waals surface area (Å²) in [6.07, 6.45) is 3.37. The van der Waals surface area contributed by atoms with Crippen LogP contribution in [0.4, 0.5) is 5.13 Å². The van der Waals surface area contributed by atoms with Crippen LogP contribution in [0.3, 0.4) is 0 Å². The molecule has 0 aliphatic heterocycles. The van der Waals surface area contributed by atoms with Crippen LogP contribution in [0.25, 0.3) is 0 Å². The fourth-order valence-electron chi connectivity index (χ4n) is 2.62. The number of carbonyl (C=O) groups excluding carboxylic acids is 2. The minimum atomic E-state index is -0.133. The van der Waals surface area contributed by atoms with Gasteiger partial charge in [-0.15, -0.1) is 11.3 Å². The Balaban J connectivity index is 1.39. The normalized spacial score (nSPS) is 10.5. The van der Waals surface area contributed by atoms with Crippen molar-refractivity contribution in [3.8, 4) is 0 Å². The highest BCUT2D eigenvalue weighted by Crippen LogP contribution is 2.22. The average molecular weight is 414 g/mol. The van der Waals surface area contributed by atoms with E-state index in [4.69, 9.17) is 11.6 Å². The summed E-state index contributed by atoms with van der Waals surface area (Å²) in [4.78, 5) is 29.3. The highest BCUT2D eigenvalue weighted by molar-refractivity contribution is 7.15. The summed E-state index contributed by atoms with van der Waals surface area (Å²) in [6, 6.07) is 16.7. The number of benzene rings is 2. The SMILES string of the molecule is O=C(CCCNC(=O)c1ccccc1)Nc1ncc(Cc2cccc(Cl)c2)s1. The molecule has 0 atom stereocenters. The molecule has 0 saturated carbocycles. The van der Waals surface area contributed by atoms with Gasteiger partial charge in [-0.05, 0) is 36.2 Å². The first-order valence-corrected chi connectivity index (χ1v) is 10.1. The van der Waals surface area contributed by atoms with Crippen LogP contribution in [-0.4, -0.2) is 23.3 Å². The van der Waals surface area contributed by atoms with Crippen LogP contribution < -0.4 is 10.6 Å². The van der Waals surface area contributed by atoms with E-state index in [-0.39, 0.29) is 11.8 Å². The van der Waals surface area contributed by atoms with Gasteiger partial charge in [0.15, 0.2) is 5.13 Å². The quantitative estimate of drug-likeness (QED) is 0.533. The van der Waals surface area contributed by atoms with Crippen molar-refractivity contribution in [1.29, 1.82) is 0 Å². The van der Waals surface area contributed by atoms with E-state index < -0.39 is 0 Å². The molecule has 0 radical (unpaired) electrons. The number of aromatic nitrogens is 1. The monoisotopic (exact) mass is 413 g/mol. The molecule has 0 aliphatic rings. The highest BCUT2D eigenvalue weighted by Gasteiger charge is 2.08. The fourth-order valence-corrected chi connectivity index (χ4v) is 3.70. The van der Waals surface area contributed by atoms with E-state index in [1.807, 2.05) is 42.5 Å². The van der Waals surface area contributed by atoms with Gasteiger partial charge in [0.1, 0.15) is 0 Å². The number of carbonyl (C=O) groups is 2. The number of nitrogens with zero attached hydrogens (tertiary/aromatic N) is 1. The number of hydrogen-bond acceptors (Lipinski definition) is 4. The summed E-state index contributed by atoms with van der Waals surface area (Å²) in [5, 5.41) is 6.90. The summed E-state index contributed by atoms with van der Waals surface area (Å²) in [6.45, 7) is 0.443. The summed E-state index contributed by atoms with van der Waals surface area (Å²) in [5.41, 5.74) is 1.71. The molecule has 0 fully saturated rings. The zero-order valence-electron chi connectivity index (χ0n) is 15.2. The first kappa shape index (κ1) is 20.0. The third-order valence-corrected chi connectivity index (χ3v) is 5.12. The Hall–Kier alpha value is -2.70. The zero-order valence-corrected chi connectivity index (χ0v) is 16.7. The predicted molar refractivity (Wildman–Crippen MR) is 113 cm³/mol. The van der Waals surface area contributed by atoms with Gasteiger partial charge in [0.2, 0.25) is 5.91 Å². The van der Waals surface area contributed by atoms with Crippen LogP contribution >= 0.6 is 22.9 Å². The number of anilines is 1. The number of thiazole rings is 1. The van der Waals surface area contributed by atoms with E-state index in [2.05, 4.69) is 15.6 Å². The van der Waals surface area contributed by atoms with Crippen LogP contribution in [-0.2, 0) is 11.2 Å². The van der Waals surface area contributed by atoms with Gasteiger partial charge in [-0.3, -0.25) is 9.59 Å². The predicted octanol–water partition coefficient (Wildman–Crippen LogP) is 4.54. The molecular formula is C21H20ClN3O2S. The number of amides is 2. The Morgan fingerprint density at radius 2 is 1.89 bits per heavy atom. The molecule has 0 saturated heterocycles. The number of nitrogens with one attached hydrogen (secondary N) is 2. The van der Waals surface area contributed by atoms with Gasteiger partial charge >= 0.3 is 0 Å². The lowest BCUT2D eigenvalue weighted by atomic mass is 10.1. The summed E-state index contributed by atoms with van der Waals surface area (Å²) >= 11 is 7.45. The lowest BCUT2D eigenvalue weighted by Gasteiger charge is -2.05. The maximum Gasteiger partial charge on any atom is 0.251 e. The van der Waals surface area contributed by atoms with Crippen molar-refractivity contribution in [3.05, 3.63) is 81.8 Å². The molecule has 144 valence electrons. The molecule has 0 unspecified atom stereocenters. The Morgan fingerprint density at radius 1 is 1.07 bits per heavy atom. The van der Waals surface area contributed by atoms with Crippen molar-refractivity contribution in [2.45, 2.75) is 19.3 Å². The summed E-state index contributed by atoms with van der Waals surface area (Å²) < 4.78 is 0. The Kier molecular flexibility index (Phi) is 7.17. The topological polar surface area (TPSA) is 71.1 Å². The molecule has 2 amide bonds. The van der Waals surface area contributed by atoms with Gasteiger partial charge in [0.05, 0.1) is 0 Å². The molecular weight excluding hydrogens is 394 g/mol. The molecule has 1 aromatic heterocycles. The van der Waals surface area contributed by atoms with E-state index in [9.17, 15) is 9.59 Å². The minimum Gasteiger partial charge on any atom is -0.352 e. The van der Waals surface area contributed by atoms with Gasteiger partial charge in [-0.2, -0.15) is 0 Å². The smallest absolute Gasteiger partial charge is 0.251 e. The average Bonchev–Trinajstić information content (AvgIpc) is 3.12. The van der Waals surface area contributed by atoms with Crippen LogP contribution in [0.15, 0.2) is 60.8 Å². The van der Waals surface area contributed by atoms with Gasteiger partial charge in [-0.1, -0.05) is 41.9 Å². The van der Waals surface area contributed by atoms with Gasteiger partial charge in [-0.25, -0.2) is 4.98 Å². The molecule has 0 spiro atoms. The third kappa shape index (κ3) is 6.18. The number of rotatable bonds is 8. The van der Waals surface area contributed by atoms with Gasteiger partial charge in [0, 0.05) is 41.0 Å². The number of hydrogen-bond donors (Lipinski definition) is 2. The van der Waals surface area contributed by atoms with Crippen LogP contribution in [0.1, 0.15) is 33.6 Å². The molecule has 3 aromatic rings. The van der Waals surface area contributed by atoms with Gasteiger partial charge < -0.3 is 10.6 Å². The minimum absolute atomic E-state index is 0.113.